The maximum Gasteiger partial charge on any atom is 0.352 e. The van der Waals surface area contributed by atoms with Crippen molar-refractivity contribution in [3.05, 3.63) is 16.7 Å². The van der Waals surface area contributed by atoms with Gasteiger partial charge in [-0.15, -0.1) is 0 Å². The molecular weight excluding hydrogens is 278 g/mol. The molecule has 1 aromatic heterocycles. The average Bonchev–Trinajstić information content (AvgIpc) is 2.75. The zero-order chi connectivity index (χ0) is 15.8. The van der Waals surface area contributed by atoms with Gasteiger partial charge >= 0.3 is 5.69 Å². The quantitative estimate of drug-likeness (QED) is 0.582. The van der Waals surface area contributed by atoms with Crippen LogP contribution in [0.25, 0.3) is 0 Å². The summed E-state index contributed by atoms with van der Waals surface area (Å²) in [6, 6.07) is 0. The van der Waals surface area contributed by atoms with Crippen LogP contribution in [0.5, 0.6) is 5.75 Å². The number of nitrogens with two attached hydrogens (primary N) is 1. The van der Waals surface area contributed by atoms with Gasteiger partial charge in [0.15, 0.2) is 17.3 Å². The van der Waals surface area contributed by atoms with E-state index < -0.39 is 29.5 Å². The molecule has 0 saturated carbocycles. The van der Waals surface area contributed by atoms with Crippen LogP contribution >= 0.6 is 0 Å². The summed E-state index contributed by atoms with van der Waals surface area (Å²) in [4.78, 5) is 15.7. The van der Waals surface area contributed by atoms with Gasteiger partial charge in [-0.05, 0) is 12.8 Å². The van der Waals surface area contributed by atoms with Crippen LogP contribution in [0.1, 0.15) is 26.7 Å². The number of hydrogen-bond acceptors (Lipinski definition) is 7. The van der Waals surface area contributed by atoms with Gasteiger partial charge in [-0.25, -0.2) is 4.79 Å². The van der Waals surface area contributed by atoms with Crippen molar-refractivity contribution in [2.75, 3.05) is 12.3 Å². The number of aliphatic hydroxyl groups is 2. The summed E-state index contributed by atoms with van der Waals surface area (Å²) >= 11 is 0. The molecule has 0 aromatic carbocycles. The van der Waals surface area contributed by atoms with Crippen molar-refractivity contribution >= 4 is 5.82 Å². The number of nitrogen functional groups attached to an aromatic ring is 1. The molecule has 1 aliphatic heterocycles. The number of anilines is 1. The number of nitrogens with zero attached hydrogens (tertiary/aromatic N) is 2. The molecule has 2 rings (SSSR count). The van der Waals surface area contributed by atoms with E-state index in [1.165, 1.54) is 6.20 Å². The van der Waals surface area contributed by atoms with Gasteiger partial charge in [0.05, 0.1) is 18.9 Å². The highest BCUT2D eigenvalue weighted by molar-refractivity contribution is 5.41. The van der Waals surface area contributed by atoms with E-state index in [-0.39, 0.29) is 18.2 Å². The molecule has 1 saturated heterocycles. The van der Waals surface area contributed by atoms with Crippen molar-refractivity contribution in [3.63, 3.8) is 0 Å². The summed E-state index contributed by atoms with van der Waals surface area (Å²) in [6.07, 6.45) is 0.365. The molecule has 0 bridgehead atoms. The Morgan fingerprint density at radius 3 is 2.71 bits per heavy atom. The third-order valence-corrected chi connectivity index (χ3v) is 4.20. The molecule has 8 nitrogen and oxygen atoms in total. The zero-order valence-electron chi connectivity index (χ0n) is 12.1. The Morgan fingerprint density at radius 2 is 2.19 bits per heavy atom. The van der Waals surface area contributed by atoms with Crippen molar-refractivity contribution in [2.45, 2.75) is 44.6 Å². The summed E-state index contributed by atoms with van der Waals surface area (Å²) in [7, 11) is 0. The second-order valence-electron chi connectivity index (χ2n) is 5.21. The molecule has 118 valence electrons. The average molecular weight is 299 g/mol. The Labute approximate surface area is 121 Å². The summed E-state index contributed by atoms with van der Waals surface area (Å²) in [5, 5.41) is 29.3. The molecule has 2 heterocycles. The maximum atomic E-state index is 12.1. The van der Waals surface area contributed by atoms with E-state index in [2.05, 4.69) is 4.98 Å². The second kappa shape index (κ2) is 5.63. The van der Waals surface area contributed by atoms with Gasteiger partial charge in [0.1, 0.15) is 6.10 Å². The monoisotopic (exact) mass is 299 g/mol. The van der Waals surface area contributed by atoms with E-state index in [1.807, 2.05) is 6.92 Å². The van der Waals surface area contributed by atoms with Gasteiger partial charge in [-0.2, -0.15) is 4.98 Å². The fourth-order valence-corrected chi connectivity index (χ4v) is 3.13. The fraction of sp³-hybridized carbons (Fsp3) is 0.692. The Balaban J connectivity index is 2.61. The number of ether oxygens (including phenoxy) is 1. The molecule has 1 fully saturated rings. The summed E-state index contributed by atoms with van der Waals surface area (Å²) < 4.78 is 6.95. The minimum atomic E-state index is -1.17. The molecule has 0 radical (unpaired) electrons. The van der Waals surface area contributed by atoms with Crippen molar-refractivity contribution in [2.24, 2.45) is 5.92 Å². The highest BCUT2D eigenvalue weighted by atomic mass is 16.6. The van der Waals surface area contributed by atoms with Gasteiger partial charge in [0.25, 0.3) is 0 Å². The van der Waals surface area contributed by atoms with Gasteiger partial charge in [0.2, 0.25) is 0 Å². The van der Waals surface area contributed by atoms with Crippen molar-refractivity contribution in [1.82, 2.24) is 9.55 Å². The zero-order valence-corrected chi connectivity index (χ0v) is 12.1. The minimum absolute atomic E-state index is 0.257. The lowest BCUT2D eigenvalue weighted by Gasteiger charge is -2.35. The predicted octanol–water partition coefficient (Wildman–Crippen LogP) is -0.628. The van der Waals surface area contributed by atoms with Gasteiger partial charge < -0.3 is 25.8 Å². The van der Waals surface area contributed by atoms with Crippen LogP contribution in [0.4, 0.5) is 5.82 Å². The molecule has 0 amide bonds. The van der Waals surface area contributed by atoms with Crippen LogP contribution in [-0.2, 0) is 10.5 Å². The van der Waals surface area contributed by atoms with E-state index in [0.29, 0.717) is 12.8 Å². The highest BCUT2D eigenvalue weighted by Crippen LogP contribution is 2.44. The molecule has 0 unspecified atom stereocenters. The van der Waals surface area contributed by atoms with E-state index in [9.17, 15) is 20.1 Å². The maximum absolute atomic E-state index is 12.1. The number of rotatable bonds is 4. The van der Waals surface area contributed by atoms with Crippen LogP contribution in [0, 0.1) is 5.92 Å². The van der Waals surface area contributed by atoms with Crippen molar-refractivity contribution < 1.29 is 20.1 Å². The molecule has 1 aromatic rings. The summed E-state index contributed by atoms with van der Waals surface area (Å²) in [6.45, 7) is 3.30. The van der Waals surface area contributed by atoms with Crippen LogP contribution < -0.4 is 11.4 Å². The van der Waals surface area contributed by atoms with Crippen LogP contribution in [0.15, 0.2) is 11.0 Å². The Bertz CT molecular complexity index is 575. The first-order valence-electron chi connectivity index (χ1n) is 6.96. The second-order valence-corrected chi connectivity index (χ2v) is 5.21. The molecule has 0 aliphatic carbocycles. The smallest absolute Gasteiger partial charge is 0.352 e. The number of aromatic hydroxyl groups is 1. The molecule has 0 spiro atoms. The molecule has 1 aliphatic rings. The Hall–Kier alpha value is -1.64. The van der Waals surface area contributed by atoms with E-state index in [1.54, 1.807) is 6.92 Å². The third kappa shape index (κ3) is 2.29. The molecule has 4 atom stereocenters. The van der Waals surface area contributed by atoms with Gasteiger partial charge in [-0.3, -0.25) is 4.57 Å². The molecule has 8 heteroatoms. The van der Waals surface area contributed by atoms with Crippen LogP contribution in [-0.4, -0.2) is 43.7 Å². The topological polar surface area (TPSA) is 131 Å². The Kier molecular flexibility index (Phi) is 4.22. The molecular formula is C13H21N3O5. The minimum Gasteiger partial charge on any atom is -0.503 e. The lowest BCUT2D eigenvalue weighted by Crippen LogP contribution is -2.47. The molecule has 21 heavy (non-hydrogen) atoms. The van der Waals surface area contributed by atoms with E-state index in [0.717, 1.165) is 4.57 Å². The fourth-order valence-electron chi connectivity index (χ4n) is 3.13. The summed E-state index contributed by atoms with van der Waals surface area (Å²) in [5.74, 6) is -1.00. The lowest BCUT2D eigenvalue weighted by atomic mass is 9.87. The third-order valence-electron chi connectivity index (χ3n) is 4.20. The Morgan fingerprint density at radius 1 is 1.52 bits per heavy atom. The number of aliphatic hydroxyl groups excluding tert-OH is 2. The van der Waals surface area contributed by atoms with E-state index in [4.69, 9.17) is 10.5 Å². The standard InChI is InChI=1S/C13H21N3O5/c1-3-7-10(19)9(6-17)21-13(7,4-2)16-5-8(18)11(14)15-12(16)20/h5,7,9-10,17-19H,3-4,6H2,1-2H3,(H2,14,15,20)/t7-,9-,10+,13-/m1/s1. The van der Waals surface area contributed by atoms with Crippen LogP contribution in [0.3, 0.4) is 0 Å². The number of aromatic nitrogens is 2. The van der Waals surface area contributed by atoms with Crippen molar-refractivity contribution in [1.29, 1.82) is 0 Å². The number of hydrogen-bond donors (Lipinski definition) is 4. The highest BCUT2D eigenvalue weighted by Gasteiger charge is 2.54. The molecule has 5 N–H and O–H groups in total. The SMILES string of the molecule is CC[C@@H]1[C@H](O)[C@@H](CO)O[C@@]1(CC)n1cc(O)c(N)nc1=O. The van der Waals surface area contributed by atoms with Crippen LogP contribution in [0.2, 0.25) is 0 Å². The lowest BCUT2D eigenvalue weighted by molar-refractivity contribution is -0.135. The van der Waals surface area contributed by atoms with Crippen molar-refractivity contribution in [3.8, 4) is 5.75 Å². The first-order chi connectivity index (χ1) is 9.91. The first-order valence-corrected chi connectivity index (χ1v) is 6.96. The largest absolute Gasteiger partial charge is 0.503 e. The van der Waals surface area contributed by atoms with Gasteiger partial charge in [-0.1, -0.05) is 13.8 Å². The predicted molar refractivity (Wildman–Crippen MR) is 74.6 cm³/mol. The first kappa shape index (κ1) is 15.7. The summed E-state index contributed by atoms with van der Waals surface area (Å²) in [5.41, 5.74) is 3.58. The normalized spacial score (nSPS) is 32.5. The van der Waals surface area contributed by atoms with E-state index >= 15 is 0 Å². The van der Waals surface area contributed by atoms with Gasteiger partial charge in [0, 0.05) is 5.92 Å².